The molecule has 0 unspecified atom stereocenters. The number of hydrogen-bond donors (Lipinski definition) is 2. The molecule has 112 valence electrons. The van der Waals surface area contributed by atoms with Gasteiger partial charge in [-0.3, -0.25) is 9.59 Å². The van der Waals surface area contributed by atoms with Crippen LogP contribution < -0.4 is 11.3 Å². The summed E-state index contributed by atoms with van der Waals surface area (Å²) in [7, 11) is 0. The SMILES string of the molecule is N[C@]12CC[C@H]1CN(C(=O)c1cc(=O)[nH]c3c1CCCC3)C2. The molecule has 3 N–H and O–H groups in total. The number of pyridine rings is 1. The highest BCUT2D eigenvalue weighted by molar-refractivity contribution is 5.96. The number of H-pyrrole nitrogens is 1. The molecule has 0 aromatic carbocycles. The maximum atomic E-state index is 12.8. The average Bonchev–Trinajstić information content (AvgIpc) is 2.70. The first-order valence-electron chi connectivity index (χ1n) is 7.90. The molecule has 2 atom stereocenters. The Morgan fingerprint density at radius 3 is 2.86 bits per heavy atom. The maximum absolute atomic E-state index is 12.8. The summed E-state index contributed by atoms with van der Waals surface area (Å²) in [5, 5.41) is 0. The first-order chi connectivity index (χ1) is 10.1. The van der Waals surface area contributed by atoms with Crippen LogP contribution in [0.15, 0.2) is 10.9 Å². The smallest absolute Gasteiger partial charge is 0.254 e. The number of nitrogens with one attached hydrogen (secondary N) is 1. The predicted octanol–water partition coefficient (Wildman–Crippen LogP) is 0.817. The van der Waals surface area contributed by atoms with E-state index in [0.717, 1.165) is 56.3 Å². The fourth-order valence-corrected chi connectivity index (χ4v) is 4.15. The average molecular weight is 287 g/mol. The third-order valence-corrected chi connectivity index (χ3v) is 5.56. The zero-order chi connectivity index (χ0) is 14.6. The molecule has 0 radical (unpaired) electrons. The largest absolute Gasteiger partial charge is 0.336 e. The molecular formula is C16H21N3O2. The lowest BCUT2D eigenvalue weighted by Gasteiger charge is -2.39. The second-order valence-corrected chi connectivity index (χ2v) is 6.87. The van der Waals surface area contributed by atoms with Crippen molar-refractivity contribution in [2.45, 2.75) is 44.1 Å². The minimum absolute atomic E-state index is 0.00141. The highest BCUT2D eigenvalue weighted by Crippen LogP contribution is 2.43. The van der Waals surface area contributed by atoms with Gasteiger partial charge in [-0.05, 0) is 50.0 Å². The highest BCUT2D eigenvalue weighted by Gasteiger charge is 2.51. The molecule has 1 aromatic rings. The number of likely N-dealkylation sites (tertiary alicyclic amines) is 1. The van der Waals surface area contributed by atoms with Gasteiger partial charge in [0.05, 0.1) is 0 Å². The fourth-order valence-electron chi connectivity index (χ4n) is 4.15. The molecule has 5 heteroatoms. The van der Waals surface area contributed by atoms with Crippen LogP contribution in [-0.2, 0) is 12.8 Å². The van der Waals surface area contributed by atoms with Crippen LogP contribution >= 0.6 is 0 Å². The standard InChI is InChI=1S/C16H21N3O2/c17-16-6-5-10(16)8-19(9-16)15(21)12-7-14(20)18-13-4-2-1-3-11(12)13/h7,10H,1-6,8-9,17H2,(H,18,20)/t10-,16-/m0/s1. The number of carbonyl (C=O) groups excluding carboxylic acids is 1. The third kappa shape index (κ3) is 1.94. The molecule has 1 saturated heterocycles. The van der Waals surface area contributed by atoms with Gasteiger partial charge in [-0.1, -0.05) is 0 Å². The summed E-state index contributed by atoms with van der Waals surface area (Å²) < 4.78 is 0. The third-order valence-electron chi connectivity index (χ3n) is 5.56. The lowest BCUT2D eigenvalue weighted by Crippen LogP contribution is -2.54. The summed E-state index contributed by atoms with van der Waals surface area (Å²) in [6, 6.07) is 1.48. The Balaban J connectivity index is 1.69. The van der Waals surface area contributed by atoms with Crippen molar-refractivity contribution in [2.75, 3.05) is 13.1 Å². The van der Waals surface area contributed by atoms with Gasteiger partial charge in [0.2, 0.25) is 5.56 Å². The van der Waals surface area contributed by atoms with Crippen molar-refractivity contribution in [1.82, 2.24) is 9.88 Å². The number of aromatic nitrogens is 1. The fraction of sp³-hybridized carbons (Fsp3) is 0.625. The van der Waals surface area contributed by atoms with E-state index in [2.05, 4.69) is 4.98 Å². The first kappa shape index (κ1) is 13.1. The van der Waals surface area contributed by atoms with Crippen LogP contribution in [0.2, 0.25) is 0 Å². The quantitative estimate of drug-likeness (QED) is 0.802. The number of aryl methyl sites for hydroxylation is 1. The van der Waals surface area contributed by atoms with Crippen molar-refractivity contribution in [3.05, 3.63) is 33.2 Å². The summed E-state index contributed by atoms with van der Waals surface area (Å²) in [5.74, 6) is 0.442. The molecular weight excluding hydrogens is 266 g/mol. The first-order valence-corrected chi connectivity index (χ1v) is 7.90. The van der Waals surface area contributed by atoms with Crippen LogP contribution in [0.1, 0.15) is 47.3 Å². The van der Waals surface area contributed by atoms with E-state index in [1.165, 1.54) is 6.07 Å². The normalized spacial score (nSPS) is 30.5. The van der Waals surface area contributed by atoms with Gasteiger partial charge >= 0.3 is 0 Å². The number of hydrogen-bond acceptors (Lipinski definition) is 3. The van der Waals surface area contributed by atoms with Crippen LogP contribution in [0, 0.1) is 5.92 Å². The summed E-state index contributed by atoms with van der Waals surface area (Å²) in [6.45, 7) is 1.38. The van der Waals surface area contributed by atoms with Crippen LogP contribution in [0.25, 0.3) is 0 Å². The molecule has 2 aliphatic carbocycles. The molecule has 3 aliphatic rings. The number of nitrogens with two attached hydrogens (primary N) is 1. The highest BCUT2D eigenvalue weighted by atomic mass is 16.2. The van der Waals surface area contributed by atoms with Crippen LogP contribution in [0.4, 0.5) is 0 Å². The van der Waals surface area contributed by atoms with E-state index in [1.54, 1.807) is 0 Å². The molecule has 1 saturated carbocycles. The van der Waals surface area contributed by atoms with Crippen molar-refractivity contribution in [1.29, 1.82) is 0 Å². The van der Waals surface area contributed by atoms with Gasteiger partial charge < -0.3 is 15.6 Å². The molecule has 2 fully saturated rings. The Morgan fingerprint density at radius 1 is 1.38 bits per heavy atom. The van der Waals surface area contributed by atoms with Crippen molar-refractivity contribution < 1.29 is 4.79 Å². The predicted molar refractivity (Wildman–Crippen MR) is 79.3 cm³/mol. The Kier molecular flexibility index (Phi) is 2.76. The summed E-state index contributed by atoms with van der Waals surface area (Å²) >= 11 is 0. The van der Waals surface area contributed by atoms with E-state index >= 15 is 0 Å². The topological polar surface area (TPSA) is 79.2 Å². The number of fused-ring (bicyclic) bond motifs is 2. The van der Waals surface area contributed by atoms with Gasteiger partial charge in [0.1, 0.15) is 0 Å². The molecule has 1 aromatic heterocycles. The van der Waals surface area contributed by atoms with Crippen LogP contribution in [-0.4, -0.2) is 34.4 Å². The van der Waals surface area contributed by atoms with E-state index in [1.807, 2.05) is 4.90 Å². The summed E-state index contributed by atoms with van der Waals surface area (Å²) in [6.07, 6.45) is 6.05. The summed E-state index contributed by atoms with van der Waals surface area (Å²) in [5.41, 5.74) is 8.61. The Hall–Kier alpha value is -1.62. The van der Waals surface area contributed by atoms with E-state index in [4.69, 9.17) is 5.73 Å². The van der Waals surface area contributed by atoms with E-state index in [9.17, 15) is 9.59 Å². The number of carbonyl (C=O) groups is 1. The zero-order valence-corrected chi connectivity index (χ0v) is 12.2. The monoisotopic (exact) mass is 287 g/mol. The molecule has 0 spiro atoms. The van der Waals surface area contributed by atoms with Crippen molar-refractivity contribution in [3.63, 3.8) is 0 Å². The van der Waals surface area contributed by atoms with Gasteiger partial charge in [0.25, 0.3) is 5.91 Å². The second kappa shape index (κ2) is 4.44. The van der Waals surface area contributed by atoms with Gasteiger partial charge in [0, 0.05) is 36.0 Å². The van der Waals surface area contributed by atoms with Gasteiger partial charge in [-0.2, -0.15) is 0 Å². The van der Waals surface area contributed by atoms with E-state index < -0.39 is 0 Å². The van der Waals surface area contributed by atoms with Crippen molar-refractivity contribution in [3.8, 4) is 0 Å². The Morgan fingerprint density at radius 2 is 2.19 bits per heavy atom. The number of rotatable bonds is 1. The molecule has 0 bridgehead atoms. The number of amides is 1. The zero-order valence-electron chi connectivity index (χ0n) is 12.2. The molecule has 5 nitrogen and oxygen atoms in total. The lowest BCUT2D eigenvalue weighted by atomic mass is 9.70. The van der Waals surface area contributed by atoms with E-state index in [-0.39, 0.29) is 17.0 Å². The molecule has 1 aliphatic heterocycles. The molecule has 21 heavy (non-hydrogen) atoms. The van der Waals surface area contributed by atoms with Gasteiger partial charge in [-0.25, -0.2) is 0 Å². The molecule has 1 amide bonds. The van der Waals surface area contributed by atoms with Gasteiger partial charge in [0.15, 0.2) is 0 Å². The second-order valence-electron chi connectivity index (χ2n) is 6.87. The minimum atomic E-state index is -0.170. The summed E-state index contributed by atoms with van der Waals surface area (Å²) in [4.78, 5) is 29.4. The van der Waals surface area contributed by atoms with Crippen LogP contribution in [0.5, 0.6) is 0 Å². The van der Waals surface area contributed by atoms with Gasteiger partial charge in [-0.15, -0.1) is 0 Å². The number of nitrogens with zero attached hydrogens (tertiary/aromatic N) is 1. The van der Waals surface area contributed by atoms with Crippen molar-refractivity contribution >= 4 is 5.91 Å². The lowest BCUT2D eigenvalue weighted by molar-refractivity contribution is 0.0783. The maximum Gasteiger partial charge on any atom is 0.254 e. The molecule has 2 heterocycles. The van der Waals surface area contributed by atoms with Crippen molar-refractivity contribution in [2.24, 2.45) is 11.7 Å². The van der Waals surface area contributed by atoms with E-state index in [0.29, 0.717) is 18.0 Å². The Bertz CT molecular complexity index is 666. The Labute approximate surface area is 123 Å². The van der Waals surface area contributed by atoms with Crippen LogP contribution in [0.3, 0.4) is 0 Å². The number of aromatic amines is 1. The molecule has 4 rings (SSSR count). The minimum Gasteiger partial charge on any atom is -0.336 e.